The fraction of sp³-hybridized carbons (Fsp3) is 0.738. The Morgan fingerprint density at radius 2 is 0.652 bits per heavy atom. The molecule has 0 rings (SSSR count). The first-order valence-electron chi connectivity index (χ1n) is 28.1. The molecule has 0 radical (unpaired) electrons. The topological polar surface area (TPSA) is 72.8 Å². The summed E-state index contributed by atoms with van der Waals surface area (Å²) in [6, 6.07) is 0. The molecule has 0 aromatic heterocycles. The first kappa shape index (κ1) is 63.1. The number of hydrogen-bond donors (Lipinski definition) is 1. The molecule has 0 aliphatic carbocycles. The highest BCUT2D eigenvalue weighted by Crippen LogP contribution is 2.16. The van der Waals surface area contributed by atoms with E-state index in [1.807, 2.05) is 0 Å². The van der Waals surface area contributed by atoms with Crippen LogP contribution in [0.3, 0.4) is 0 Å². The van der Waals surface area contributed by atoms with E-state index in [1.165, 1.54) is 161 Å². The van der Waals surface area contributed by atoms with Crippen LogP contribution < -0.4 is 0 Å². The molecule has 0 heterocycles. The van der Waals surface area contributed by atoms with E-state index in [-0.39, 0.29) is 25.2 Å². The van der Waals surface area contributed by atoms with Gasteiger partial charge in [0.25, 0.3) is 0 Å². The normalized spacial score (nSPS) is 12.8. The Bertz CT molecular complexity index is 1220. The van der Waals surface area contributed by atoms with E-state index in [0.29, 0.717) is 12.8 Å². The van der Waals surface area contributed by atoms with Crippen molar-refractivity contribution in [1.29, 1.82) is 0 Å². The molecular weight excluding hydrogens is 813 g/mol. The number of carbonyl (C=O) groups is 2. The van der Waals surface area contributed by atoms with Gasteiger partial charge in [-0.3, -0.25) is 9.59 Å². The van der Waals surface area contributed by atoms with Crippen molar-refractivity contribution in [3.05, 3.63) is 85.1 Å². The van der Waals surface area contributed by atoms with Gasteiger partial charge in [-0.05, 0) is 70.6 Å². The molecular formula is C61H106O5. The number of ether oxygens (including phenoxy) is 2. The molecule has 1 N–H and O–H groups in total. The highest BCUT2D eigenvalue weighted by Gasteiger charge is 2.16. The molecule has 0 aliphatic rings. The Balaban J connectivity index is 3.44. The van der Waals surface area contributed by atoms with Gasteiger partial charge in [0, 0.05) is 12.8 Å². The van der Waals surface area contributed by atoms with Gasteiger partial charge >= 0.3 is 11.9 Å². The number of aliphatic hydroxyl groups excluding tert-OH is 1. The predicted molar refractivity (Wildman–Crippen MR) is 288 cm³/mol. The molecule has 0 aliphatic heterocycles. The highest BCUT2D eigenvalue weighted by molar-refractivity contribution is 5.70. The summed E-state index contributed by atoms with van der Waals surface area (Å²) in [5.74, 6) is -0.582. The van der Waals surface area contributed by atoms with Crippen molar-refractivity contribution in [1.82, 2.24) is 0 Å². The lowest BCUT2D eigenvalue weighted by Gasteiger charge is -2.15. The van der Waals surface area contributed by atoms with Crippen LogP contribution in [0.15, 0.2) is 85.1 Å². The minimum atomic E-state index is -0.769. The maximum atomic E-state index is 12.3. The molecule has 1 unspecified atom stereocenters. The standard InChI is InChI=1S/C61H106O5/c1-3-5-7-9-11-13-15-16-17-18-19-20-21-22-23-24-25-26-27-28-29-30-31-32-33-34-35-36-37-38-39-40-41-42-43-44-46-48-50-52-54-56-61(64)66-59(57-62)58-65-60(63)55-53-51-49-47-45-14-12-10-8-6-4-2/h5,7,11,13,16-17,19-20,22-23,25-26,28-29,59,62H,3-4,6,8-10,12,14-15,18,21,24,27,30-58H2,1-2H3/b7-5-,13-11-,17-16-,20-19-,23-22-,26-25-,29-28-. The largest absolute Gasteiger partial charge is 0.462 e. The molecule has 0 saturated heterocycles. The van der Waals surface area contributed by atoms with E-state index in [9.17, 15) is 14.7 Å². The van der Waals surface area contributed by atoms with Gasteiger partial charge in [-0.25, -0.2) is 0 Å². The summed E-state index contributed by atoms with van der Waals surface area (Å²) >= 11 is 0. The Morgan fingerprint density at radius 1 is 0.364 bits per heavy atom. The van der Waals surface area contributed by atoms with Crippen molar-refractivity contribution in [2.24, 2.45) is 0 Å². The van der Waals surface area contributed by atoms with Gasteiger partial charge in [-0.15, -0.1) is 0 Å². The van der Waals surface area contributed by atoms with E-state index in [0.717, 1.165) is 83.5 Å². The zero-order valence-electron chi connectivity index (χ0n) is 43.4. The van der Waals surface area contributed by atoms with Crippen LogP contribution in [0.5, 0.6) is 0 Å². The monoisotopic (exact) mass is 919 g/mol. The van der Waals surface area contributed by atoms with Crippen LogP contribution >= 0.6 is 0 Å². The summed E-state index contributed by atoms with van der Waals surface area (Å²) in [6.45, 7) is 4.03. The second-order valence-corrected chi connectivity index (χ2v) is 18.6. The number of esters is 2. The number of aliphatic hydroxyl groups is 1. The van der Waals surface area contributed by atoms with E-state index in [4.69, 9.17) is 9.47 Å². The molecule has 0 saturated carbocycles. The molecule has 1 atom stereocenters. The lowest BCUT2D eigenvalue weighted by atomic mass is 10.0. The number of allylic oxidation sites excluding steroid dienone is 14. The average molecular weight is 920 g/mol. The van der Waals surface area contributed by atoms with Crippen LogP contribution in [0, 0.1) is 0 Å². The number of hydrogen-bond acceptors (Lipinski definition) is 5. The van der Waals surface area contributed by atoms with Crippen molar-refractivity contribution >= 4 is 11.9 Å². The molecule has 66 heavy (non-hydrogen) atoms. The molecule has 0 aromatic rings. The van der Waals surface area contributed by atoms with Gasteiger partial charge < -0.3 is 14.6 Å². The second-order valence-electron chi connectivity index (χ2n) is 18.6. The molecule has 5 nitrogen and oxygen atoms in total. The van der Waals surface area contributed by atoms with E-state index in [1.54, 1.807) is 0 Å². The molecule has 5 heteroatoms. The zero-order valence-corrected chi connectivity index (χ0v) is 43.4. The molecule has 0 bridgehead atoms. The minimum Gasteiger partial charge on any atom is -0.462 e. The van der Waals surface area contributed by atoms with E-state index >= 15 is 0 Å². The van der Waals surface area contributed by atoms with Crippen LogP contribution in [-0.4, -0.2) is 36.4 Å². The third-order valence-electron chi connectivity index (χ3n) is 12.2. The van der Waals surface area contributed by atoms with Gasteiger partial charge in [0.2, 0.25) is 0 Å². The minimum absolute atomic E-state index is 0.0627. The second kappa shape index (κ2) is 56.4. The fourth-order valence-corrected chi connectivity index (χ4v) is 8.01. The molecule has 0 aromatic carbocycles. The zero-order chi connectivity index (χ0) is 47.7. The van der Waals surface area contributed by atoms with Gasteiger partial charge in [0.15, 0.2) is 6.10 Å². The highest BCUT2D eigenvalue weighted by atomic mass is 16.6. The van der Waals surface area contributed by atoms with E-state index < -0.39 is 6.10 Å². The number of unbranched alkanes of at least 4 members (excludes halogenated alkanes) is 29. The lowest BCUT2D eigenvalue weighted by molar-refractivity contribution is -0.161. The van der Waals surface area contributed by atoms with Crippen molar-refractivity contribution in [3.63, 3.8) is 0 Å². The molecule has 0 fully saturated rings. The van der Waals surface area contributed by atoms with Gasteiger partial charge in [0.1, 0.15) is 6.61 Å². The average Bonchev–Trinajstić information content (AvgIpc) is 3.32. The summed E-state index contributed by atoms with van der Waals surface area (Å²) in [7, 11) is 0. The Kier molecular flexibility index (Phi) is 53.9. The molecule has 0 spiro atoms. The number of carbonyl (C=O) groups excluding carboxylic acids is 2. The summed E-state index contributed by atoms with van der Waals surface area (Å²) in [5.41, 5.74) is 0. The van der Waals surface area contributed by atoms with Crippen molar-refractivity contribution in [3.8, 4) is 0 Å². The maximum absolute atomic E-state index is 12.3. The third-order valence-corrected chi connectivity index (χ3v) is 12.2. The quantitative estimate of drug-likeness (QED) is 0.0374. The first-order valence-corrected chi connectivity index (χ1v) is 28.1. The summed E-state index contributed by atoms with van der Waals surface area (Å²) in [5, 5.41) is 9.60. The summed E-state index contributed by atoms with van der Waals surface area (Å²) < 4.78 is 10.7. The van der Waals surface area contributed by atoms with Crippen LogP contribution in [0.2, 0.25) is 0 Å². The van der Waals surface area contributed by atoms with Gasteiger partial charge in [-0.2, -0.15) is 0 Å². The Hall–Kier alpha value is -2.92. The fourth-order valence-electron chi connectivity index (χ4n) is 8.01. The van der Waals surface area contributed by atoms with Crippen LogP contribution in [0.1, 0.15) is 271 Å². The summed E-state index contributed by atoms with van der Waals surface area (Å²) in [4.78, 5) is 24.4. The van der Waals surface area contributed by atoms with Crippen molar-refractivity contribution in [2.45, 2.75) is 277 Å². The smallest absolute Gasteiger partial charge is 0.306 e. The first-order chi connectivity index (χ1) is 32.6. The van der Waals surface area contributed by atoms with Crippen LogP contribution in [-0.2, 0) is 19.1 Å². The number of rotatable bonds is 51. The third kappa shape index (κ3) is 53.7. The molecule has 0 amide bonds. The maximum Gasteiger partial charge on any atom is 0.306 e. The van der Waals surface area contributed by atoms with Gasteiger partial charge in [-0.1, -0.05) is 272 Å². The van der Waals surface area contributed by atoms with Crippen molar-refractivity contribution < 1.29 is 24.2 Å². The predicted octanol–water partition coefficient (Wildman–Crippen LogP) is 19.0. The van der Waals surface area contributed by atoms with E-state index in [2.05, 4.69) is 98.9 Å². The van der Waals surface area contributed by atoms with Crippen LogP contribution in [0.25, 0.3) is 0 Å². The molecule has 380 valence electrons. The van der Waals surface area contributed by atoms with Crippen molar-refractivity contribution in [2.75, 3.05) is 13.2 Å². The summed E-state index contributed by atoms with van der Waals surface area (Å²) in [6.07, 6.45) is 78.6. The Labute approximate surface area is 409 Å². The Morgan fingerprint density at radius 3 is 0.985 bits per heavy atom. The lowest BCUT2D eigenvalue weighted by Crippen LogP contribution is -2.28. The van der Waals surface area contributed by atoms with Gasteiger partial charge in [0.05, 0.1) is 6.61 Å². The van der Waals surface area contributed by atoms with Crippen LogP contribution in [0.4, 0.5) is 0 Å². The SMILES string of the molecule is CC/C=C\C/C=C\C/C=C\C/C=C\C/C=C\C/C=C\C/C=C\CCCCCCCCCCCCCCCCCCCCCC(=O)OC(CO)COC(=O)CCCCCCCCCCCCC.